The molecular weight excluding hydrogens is 510 g/mol. The van der Waals surface area contributed by atoms with Crippen molar-refractivity contribution >= 4 is 49.8 Å². The van der Waals surface area contributed by atoms with Gasteiger partial charge in [-0.05, 0) is 68.4 Å². The fraction of sp³-hybridized carbons (Fsp3) is 0.292. The summed E-state index contributed by atoms with van der Waals surface area (Å²) in [4.78, 5) is 16.0. The molecule has 2 saturated heterocycles. The lowest BCUT2D eigenvalue weighted by atomic mass is 9.88. The molecule has 0 aromatic heterocycles. The molecule has 2 unspecified atom stereocenters. The highest BCUT2D eigenvalue weighted by Crippen LogP contribution is 2.42. The summed E-state index contributed by atoms with van der Waals surface area (Å²) in [5, 5.41) is 0. The minimum atomic E-state index is 0.102. The monoisotopic (exact) mass is 531 g/mol. The van der Waals surface area contributed by atoms with Crippen LogP contribution in [0.3, 0.4) is 0 Å². The second kappa shape index (κ2) is 8.69. The van der Waals surface area contributed by atoms with Crippen molar-refractivity contribution in [3.05, 3.63) is 67.6 Å². The van der Waals surface area contributed by atoms with Gasteiger partial charge in [0, 0.05) is 43.3 Å². The molecule has 2 aliphatic rings. The zero-order valence-corrected chi connectivity index (χ0v) is 20.3. The normalized spacial score (nSPS) is 24.0. The number of piperidine rings is 1. The standard InChI is InChI=1S/C24H23Br2NO3/c1-27-20-6-7-21(27)19(13-15-11-17(26)5-9-23(15)30-3)24(28)18(20)12-14-10-16(25)4-8-22(14)29-2/h4-5,8-13,20-21H,6-7H2,1-3H3. The predicted octanol–water partition coefficient (Wildman–Crippen LogP) is 5.74. The zero-order chi connectivity index (χ0) is 21.4. The molecule has 156 valence electrons. The first kappa shape index (κ1) is 21.3. The average Bonchev–Trinajstić information content (AvgIpc) is 3.04. The van der Waals surface area contributed by atoms with Crippen molar-refractivity contribution in [2.24, 2.45) is 0 Å². The third kappa shape index (κ3) is 3.88. The van der Waals surface area contributed by atoms with Crippen molar-refractivity contribution in [1.29, 1.82) is 0 Å². The van der Waals surface area contributed by atoms with Gasteiger partial charge >= 0.3 is 0 Å². The third-order valence-electron chi connectivity index (χ3n) is 5.94. The van der Waals surface area contributed by atoms with Crippen LogP contribution in [0.4, 0.5) is 0 Å². The maximum Gasteiger partial charge on any atom is 0.188 e. The number of carbonyl (C=O) groups is 1. The quantitative estimate of drug-likeness (QED) is 0.470. The molecule has 0 radical (unpaired) electrons. The van der Waals surface area contributed by atoms with Gasteiger partial charge in [-0.1, -0.05) is 31.9 Å². The minimum Gasteiger partial charge on any atom is -0.496 e. The van der Waals surface area contributed by atoms with E-state index >= 15 is 0 Å². The van der Waals surface area contributed by atoms with Gasteiger partial charge in [0.15, 0.2) is 5.78 Å². The molecule has 2 bridgehead atoms. The molecule has 2 fully saturated rings. The highest BCUT2D eigenvalue weighted by Gasteiger charge is 2.44. The summed E-state index contributed by atoms with van der Waals surface area (Å²) >= 11 is 7.05. The van der Waals surface area contributed by atoms with Crippen molar-refractivity contribution < 1.29 is 14.3 Å². The van der Waals surface area contributed by atoms with Gasteiger partial charge in [-0.15, -0.1) is 0 Å². The van der Waals surface area contributed by atoms with Crippen LogP contribution in [0.2, 0.25) is 0 Å². The van der Waals surface area contributed by atoms with E-state index < -0.39 is 0 Å². The van der Waals surface area contributed by atoms with E-state index in [4.69, 9.17) is 9.47 Å². The summed E-state index contributed by atoms with van der Waals surface area (Å²) in [7, 11) is 5.40. The first-order chi connectivity index (χ1) is 14.4. The number of methoxy groups -OCH3 is 2. The SMILES string of the molecule is COc1ccc(Br)cc1C=C1C(=O)C(=Cc2cc(Br)ccc2OC)C2CCC1N2C. The van der Waals surface area contributed by atoms with Crippen LogP contribution in [0.1, 0.15) is 24.0 Å². The third-order valence-corrected chi connectivity index (χ3v) is 6.93. The summed E-state index contributed by atoms with van der Waals surface area (Å²) in [6, 6.07) is 11.9. The Bertz CT molecular complexity index is 979. The number of Topliss-reactive ketones (excluding diaryl/α,β-unsaturated/α-hetero) is 1. The van der Waals surface area contributed by atoms with Crippen LogP contribution in [0.15, 0.2) is 56.5 Å². The first-order valence-corrected chi connectivity index (χ1v) is 11.4. The lowest BCUT2D eigenvalue weighted by molar-refractivity contribution is -0.114. The number of likely N-dealkylation sites (N-methyl/N-ethyl adjacent to an activating group) is 1. The van der Waals surface area contributed by atoms with Gasteiger partial charge in [0.1, 0.15) is 11.5 Å². The number of halogens is 2. The number of ether oxygens (including phenoxy) is 2. The maximum atomic E-state index is 13.6. The highest BCUT2D eigenvalue weighted by molar-refractivity contribution is 9.10. The smallest absolute Gasteiger partial charge is 0.188 e. The Kier molecular flexibility index (Phi) is 6.19. The van der Waals surface area contributed by atoms with Crippen LogP contribution in [-0.2, 0) is 4.79 Å². The minimum absolute atomic E-state index is 0.102. The number of hydrogen-bond acceptors (Lipinski definition) is 4. The molecule has 2 aliphatic heterocycles. The molecule has 0 amide bonds. The van der Waals surface area contributed by atoms with Gasteiger partial charge < -0.3 is 9.47 Å². The molecule has 0 aliphatic carbocycles. The van der Waals surface area contributed by atoms with E-state index in [1.165, 1.54) is 0 Å². The number of hydrogen-bond donors (Lipinski definition) is 0. The van der Waals surface area contributed by atoms with E-state index in [2.05, 4.69) is 43.8 Å². The predicted molar refractivity (Wildman–Crippen MR) is 127 cm³/mol. The van der Waals surface area contributed by atoms with E-state index in [0.29, 0.717) is 0 Å². The molecule has 0 spiro atoms. The molecular formula is C24H23Br2NO3. The highest BCUT2D eigenvalue weighted by atomic mass is 79.9. The van der Waals surface area contributed by atoms with Gasteiger partial charge in [-0.2, -0.15) is 0 Å². The molecule has 2 aromatic carbocycles. The number of fused-ring (bicyclic) bond motifs is 2. The van der Waals surface area contributed by atoms with Crippen molar-refractivity contribution in [2.75, 3.05) is 21.3 Å². The number of benzene rings is 2. The van der Waals surface area contributed by atoms with E-state index in [1.807, 2.05) is 48.6 Å². The van der Waals surface area contributed by atoms with Crippen LogP contribution in [-0.4, -0.2) is 44.0 Å². The first-order valence-electron chi connectivity index (χ1n) is 9.80. The number of carbonyl (C=O) groups excluding carboxylic acids is 1. The van der Waals surface area contributed by atoms with E-state index in [0.717, 1.165) is 55.6 Å². The van der Waals surface area contributed by atoms with Gasteiger partial charge in [-0.25, -0.2) is 0 Å². The average molecular weight is 533 g/mol. The molecule has 0 N–H and O–H groups in total. The van der Waals surface area contributed by atoms with Crippen molar-refractivity contribution in [2.45, 2.75) is 24.9 Å². The van der Waals surface area contributed by atoms with Gasteiger partial charge in [0.25, 0.3) is 0 Å². The summed E-state index contributed by atoms with van der Waals surface area (Å²) < 4.78 is 12.9. The molecule has 2 aromatic rings. The Morgan fingerprint density at radius 2 is 1.30 bits per heavy atom. The lowest BCUT2D eigenvalue weighted by Gasteiger charge is -2.34. The van der Waals surface area contributed by atoms with Crippen molar-refractivity contribution in [3.8, 4) is 11.5 Å². The van der Waals surface area contributed by atoms with Crippen LogP contribution < -0.4 is 9.47 Å². The number of nitrogens with zero attached hydrogens (tertiary/aromatic N) is 1. The molecule has 2 atom stereocenters. The summed E-state index contributed by atoms with van der Waals surface area (Å²) in [6.07, 6.45) is 5.89. The van der Waals surface area contributed by atoms with Crippen LogP contribution >= 0.6 is 31.9 Å². The molecule has 4 rings (SSSR count). The molecule has 2 heterocycles. The number of rotatable bonds is 4. The largest absolute Gasteiger partial charge is 0.496 e. The number of ketones is 1. The Morgan fingerprint density at radius 1 is 0.867 bits per heavy atom. The van der Waals surface area contributed by atoms with Crippen LogP contribution in [0.25, 0.3) is 12.2 Å². The van der Waals surface area contributed by atoms with Crippen LogP contribution in [0.5, 0.6) is 11.5 Å². The van der Waals surface area contributed by atoms with Gasteiger partial charge in [-0.3, -0.25) is 9.69 Å². The fourth-order valence-corrected chi connectivity index (χ4v) is 5.21. The Balaban J connectivity index is 1.83. The second-order valence-electron chi connectivity index (χ2n) is 7.58. The van der Waals surface area contributed by atoms with Gasteiger partial charge in [0.05, 0.1) is 14.2 Å². The summed E-state index contributed by atoms with van der Waals surface area (Å²) in [6.45, 7) is 0. The Morgan fingerprint density at radius 3 is 1.70 bits per heavy atom. The fourth-order valence-electron chi connectivity index (χ4n) is 4.45. The summed E-state index contributed by atoms with van der Waals surface area (Å²) in [5.74, 6) is 1.60. The topological polar surface area (TPSA) is 38.8 Å². The van der Waals surface area contributed by atoms with Crippen molar-refractivity contribution in [3.63, 3.8) is 0 Å². The maximum absolute atomic E-state index is 13.6. The Hall–Kier alpha value is -1.89. The Labute approximate surface area is 193 Å². The molecule has 0 saturated carbocycles. The summed E-state index contributed by atoms with van der Waals surface area (Å²) in [5.41, 5.74) is 3.41. The second-order valence-corrected chi connectivity index (χ2v) is 9.41. The van der Waals surface area contributed by atoms with Gasteiger partial charge in [0.2, 0.25) is 0 Å². The van der Waals surface area contributed by atoms with E-state index in [-0.39, 0.29) is 17.9 Å². The lowest BCUT2D eigenvalue weighted by Crippen LogP contribution is -2.43. The molecule has 30 heavy (non-hydrogen) atoms. The molecule has 6 heteroatoms. The molecule has 4 nitrogen and oxygen atoms in total. The zero-order valence-electron chi connectivity index (χ0n) is 17.1. The van der Waals surface area contributed by atoms with Crippen molar-refractivity contribution in [1.82, 2.24) is 4.90 Å². The van der Waals surface area contributed by atoms with Crippen LogP contribution in [0, 0.1) is 0 Å². The van der Waals surface area contributed by atoms with E-state index in [9.17, 15) is 4.79 Å². The van der Waals surface area contributed by atoms with E-state index in [1.54, 1.807) is 14.2 Å².